The number of rotatable bonds is 0. The van der Waals surface area contributed by atoms with Crippen LogP contribution in [-0.4, -0.2) is 11.1 Å². The molecule has 0 spiro atoms. The van der Waals surface area contributed by atoms with Crippen molar-refractivity contribution in [3.05, 3.63) is 35.3 Å². The first-order valence-corrected chi connectivity index (χ1v) is 6.01. The molecule has 19 heavy (non-hydrogen) atoms. The number of benzene rings is 1. The normalized spacial score (nSPS) is 19.7. The van der Waals surface area contributed by atoms with E-state index in [0.717, 1.165) is 17.8 Å². The van der Waals surface area contributed by atoms with E-state index in [0.29, 0.717) is 24.0 Å². The molecule has 2 heterocycles. The molecule has 0 radical (unpaired) electrons. The van der Waals surface area contributed by atoms with Crippen molar-refractivity contribution in [2.75, 3.05) is 6.54 Å². The number of halogens is 4. The molecule has 0 unspecified atom stereocenters. The van der Waals surface area contributed by atoms with Crippen LogP contribution in [0, 0.1) is 5.82 Å². The average molecular weight is 272 g/mol. The van der Waals surface area contributed by atoms with E-state index < -0.39 is 17.6 Å². The lowest BCUT2D eigenvalue weighted by Gasteiger charge is -2.23. The Labute approximate surface area is 107 Å². The lowest BCUT2D eigenvalue weighted by molar-refractivity contribution is -0.139. The largest absolute Gasteiger partial charge is 0.419 e. The Balaban J connectivity index is 2.28. The summed E-state index contributed by atoms with van der Waals surface area (Å²) < 4.78 is 53.5. The Bertz CT molecular complexity index is 642. The molecule has 0 fully saturated rings. The van der Waals surface area contributed by atoms with Gasteiger partial charge in [0.2, 0.25) is 0 Å². The molecule has 6 heteroatoms. The summed E-state index contributed by atoms with van der Waals surface area (Å²) in [6.07, 6.45) is -4.67. The van der Waals surface area contributed by atoms with Crippen molar-refractivity contribution in [3.63, 3.8) is 0 Å². The maximum atomic E-state index is 13.5. The van der Waals surface area contributed by atoms with Crippen LogP contribution in [0.1, 0.15) is 24.2 Å². The fourth-order valence-corrected chi connectivity index (χ4v) is 2.63. The second kappa shape index (κ2) is 3.96. The third kappa shape index (κ3) is 1.90. The zero-order chi connectivity index (χ0) is 13.8. The first-order valence-electron chi connectivity index (χ1n) is 6.01. The van der Waals surface area contributed by atoms with Crippen molar-refractivity contribution in [2.45, 2.75) is 25.7 Å². The quantitative estimate of drug-likeness (QED) is 0.727. The Morgan fingerprint density at radius 2 is 2.00 bits per heavy atom. The molecule has 0 saturated carbocycles. The number of fused-ring (bicyclic) bond motifs is 3. The van der Waals surface area contributed by atoms with Crippen LogP contribution in [0.25, 0.3) is 10.9 Å². The van der Waals surface area contributed by atoms with Crippen LogP contribution >= 0.6 is 0 Å². The van der Waals surface area contributed by atoms with E-state index in [4.69, 9.17) is 0 Å². The van der Waals surface area contributed by atoms with Gasteiger partial charge in [0.25, 0.3) is 0 Å². The average Bonchev–Trinajstić information content (AvgIpc) is 2.66. The van der Waals surface area contributed by atoms with E-state index in [-0.39, 0.29) is 6.04 Å². The van der Waals surface area contributed by atoms with Crippen LogP contribution in [0.3, 0.4) is 0 Å². The summed E-state index contributed by atoms with van der Waals surface area (Å²) in [5, 5.41) is 3.73. The molecule has 2 nitrogen and oxygen atoms in total. The molecule has 1 N–H and O–H groups in total. The van der Waals surface area contributed by atoms with Crippen LogP contribution in [-0.2, 0) is 12.7 Å². The van der Waals surface area contributed by atoms with Crippen LogP contribution < -0.4 is 5.32 Å². The van der Waals surface area contributed by atoms with Gasteiger partial charge in [0.05, 0.1) is 5.56 Å². The predicted molar refractivity (Wildman–Crippen MR) is 63.3 cm³/mol. The van der Waals surface area contributed by atoms with Crippen molar-refractivity contribution in [1.29, 1.82) is 0 Å². The molecule has 1 atom stereocenters. The molecule has 3 rings (SSSR count). The van der Waals surface area contributed by atoms with Gasteiger partial charge in [-0.1, -0.05) is 0 Å². The van der Waals surface area contributed by atoms with Gasteiger partial charge < -0.3 is 9.88 Å². The molecular formula is C13H12F4N2. The SMILES string of the molecule is C[C@@H]1NCCn2c1cc1cc(F)c(C(F)(F)F)cc12. The maximum absolute atomic E-state index is 13.5. The lowest BCUT2D eigenvalue weighted by Crippen LogP contribution is -2.31. The van der Waals surface area contributed by atoms with E-state index in [1.54, 1.807) is 6.07 Å². The van der Waals surface area contributed by atoms with E-state index in [1.165, 1.54) is 0 Å². The molecule has 1 aromatic heterocycles. The Morgan fingerprint density at radius 1 is 1.26 bits per heavy atom. The highest BCUT2D eigenvalue weighted by molar-refractivity contribution is 5.82. The summed E-state index contributed by atoms with van der Waals surface area (Å²) in [4.78, 5) is 0. The minimum atomic E-state index is -4.67. The predicted octanol–water partition coefficient (Wildman–Crippen LogP) is 3.46. The Kier molecular flexibility index (Phi) is 2.60. The maximum Gasteiger partial charge on any atom is 0.419 e. The molecular weight excluding hydrogens is 260 g/mol. The third-order valence-electron chi connectivity index (χ3n) is 3.56. The second-order valence-electron chi connectivity index (χ2n) is 4.79. The lowest BCUT2D eigenvalue weighted by atomic mass is 10.1. The van der Waals surface area contributed by atoms with Gasteiger partial charge in [0, 0.05) is 35.7 Å². The van der Waals surface area contributed by atoms with Crippen LogP contribution in [0.4, 0.5) is 17.6 Å². The summed E-state index contributed by atoms with van der Waals surface area (Å²) in [7, 11) is 0. The van der Waals surface area contributed by atoms with Gasteiger partial charge in [0.15, 0.2) is 0 Å². The van der Waals surface area contributed by atoms with Gasteiger partial charge in [-0.3, -0.25) is 0 Å². The van der Waals surface area contributed by atoms with E-state index >= 15 is 0 Å². The molecule has 1 aromatic carbocycles. The number of alkyl halides is 3. The summed E-state index contributed by atoms with van der Waals surface area (Å²) in [6, 6.07) is 3.68. The minimum absolute atomic E-state index is 0.0542. The Hall–Kier alpha value is -1.56. The van der Waals surface area contributed by atoms with Crippen LogP contribution in [0.15, 0.2) is 18.2 Å². The summed E-state index contributed by atoms with van der Waals surface area (Å²) >= 11 is 0. The van der Waals surface area contributed by atoms with Crippen LogP contribution in [0.5, 0.6) is 0 Å². The molecule has 0 amide bonds. The smallest absolute Gasteiger partial charge is 0.342 e. The molecule has 2 aromatic rings. The number of aromatic nitrogens is 1. The first-order chi connectivity index (χ1) is 8.88. The van der Waals surface area contributed by atoms with E-state index in [1.807, 2.05) is 11.5 Å². The van der Waals surface area contributed by atoms with Crippen molar-refractivity contribution < 1.29 is 17.6 Å². The van der Waals surface area contributed by atoms with Gasteiger partial charge in [-0.15, -0.1) is 0 Å². The minimum Gasteiger partial charge on any atom is -0.342 e. The topological polar surface area (TPSA) is 17.0 Å². The van der Waals surface area contributed by atoms with Gasteiger partial charge in [0.1, 0.15) is 5.82 Å². The van der Waals surface area contributed by atoms with Gasteiger partial charge in [-0.25, -0.2) is 4.39 Å². The summed E-state index contributed by atoms with van der Waals surface area (Å²) in [5.74, 6) is -1.22. The fraction of sp³-hybridized carbons (Fsp3) is 0.385. The first kappa shape index (κ1) is 12.5. The third-order valence-corrected chi connectivity index (χ3v) is 3.56. The summed E-state index contributed by atoms with van der Waals surface area (Å²) in [6.45, 7) is 3.22. The fourth-order valence-electron chi connectivity index (χ4n) is 2.63. The van der Waals surface area contributed by atoms with Crippen molar-refractivity contribution in [3.8, 4) is 0 Å². The van der Waals surface area contributed by atoms with Crippen molar-refractivity contribution in [2.24, 2.45) is 0 Å². The molecule has 1 aliphatic heterocycles. The monoisotopic (exact) mass is 272 g/mol. The standard InChI is InChI=1S/C13H12F4N2/c1-7-11-5-8-4-10(14)9(13(15,16)17)6-12(8)19(11)3-2-18-7/h4-7,18H,2-3H2,1H3/t7-/m0/s1. The molecule has 0 saturated heterocycles. The molecule has 0 aliphatic carbocycles. The number of nitrogens with zero attached hydrogens (tertiary/aromatic N) is 1. The highest BCUT2D eigenvalue weighted by atomic mass is 19.4. The number of hydrogen-bond donors (Lipinski definition) is 1. The van der Waals surface area contributed by atoms with Gasteiger partial charge in [-0.05, 0) is 25.1 Å². The van der Waals surface area contributed by atoms with Gasteiger partial charge in [-0.2, -0.15) is 13.2 Å². The number of nitrogens with one attached hydrogen (secondary N) is 1. The highest BCUT2D eigenvalue weighted by Gasteiger charge is 2.35. The molecule has 0 bridgehead atoms. The number of hydrogen-bond acceptors (Lipinski definition) is 1. The van der Waals surface area contributed by atoms with E-state index in [2.05, 4.69) is 5.32 Å². The zero-order valence-electron chi connectivity index (χ0n) is 10.2. The zero-order valence-corrected chi connectivity index (χ0v) is 10.2. The second-order valence-corrected chi connectivity index (χ2v) is 4.79. The van der Waals surface area contributed by atoms with Crippen LogP contribution in [0.2, 0.25) is 0 Å². The van der Waals surface area contributed by atoms with Crippen molar-refractivity contribution >= 4 is 10.9 Å². The Morgan fingerprint density at radius 3 is 2.68 bits per heavy atom. The van der Waals surface area contributed by atoms with E-state index in [9.17, 15) is 17.6 Å². The summed E-state index contributed by atoms with van der Waals surface area (Å²) in [5.41, 5.74) is 0.129. The van der Waals surface area contributed by atoms with Gasteiger partial charge >= 0.3 is 6.18 Å². The molecule has 1 aliphatic rings. The van der Waals surface area contributed by atoms with Crippen molar-refractivity contribution in [1.82, 2.24) is 9.88 Å². The molecule has 102 valence electrons. The highest BCUT2D eigenvalue weighted by Crippen LogP contribution is 2.36.